The molecule has 2 fully saturated rings. The molecule has 4 rings (SSSR count). The lowest BCUT2D eigenvalue weighted by atomic mass is 10.2. The molecule has 2 heterocycles. The van der Waals surface area contributed by atoms with Gasteiger partial charge in [0.05, 0.1) is 0 Å². The number of hydrogen-bond acceptors (Lipinski definition) is 4. The number of hydrogen-bond donors (Lipinski definition) is 0. The van der Waals surface area contributed by atoms with Gasteiger partial charge >= 0.3 is 0 Å². The highest BCUT2D eigenvalue weighted by atomic mass is 15.2. The van der Waals surface area contributed by atoms with Crippen molar-refractivity contribution in [3.05, 3.63) is 96.6 Å². The number of piperazine rings is 2. The maximum absolute atomic E-state index is 3.36. The van der Waals surface area contributed by atoms with Gasteiger partial charge in [-0.25, -0.2) is 0 Å². The van der Waals surface area contributed by atoms with Crippen LogP contribution in [0.3, 0.4) is 0 Å². The van der Waals surface area contributed by atoms with Crippen LogP contribution in [-0.2, 0) is 13.1 Å². The molecule has 2 aromatic rings. The first-order valence-electron chi connectivity index (χ1n) is 13.1. The zero-order valence-electron chi connectivity index (χ0n) is 23.1. The van der Waals surface area contributed by atoms with E-state index in [1.165, 1.54) is 63.5 Å². The minimum absolute atomic E-state index is 1.11. The molecule has 2 aromatic carbocycles. The predicted octanol–water partition coefficient (Wildman–Crippen LogP) is 5.64. The monoisotopic (exact) mass is 478 g/mol. The zero-order chi connectivity index (χ0) is 25.7. The van der Waals surface area contributed by atoms with Crippen LogP contribution < -0.4 is 0 Å². The van der Waals surface area contributed by atoms with Crippen molar-refractivity contribution in [2.45, 2.75) is 33.9 Å². The van der Waals surface area contributed by atoms with E-state index in [-0.39, 0.29) is 0 Å². The molecule has 0 unspecified atom stereocenters. The first-order chi connectivity index (χ1) is 17.0. The second kappa shape index (κ2) is 20.0. The fourth-order valence-corrected chi connectivity index (χ4v) is 3.70. The Morgan fingerprint density at radius 1 is 0.571 bits per heavy atom. The highest BCUT2D eigenvalue weighted by Crippen LogP contribution is 2.08. The Morgan fingerprint density at radius 2 is 0.857 bits per heavy atom. The van der Waals surface area contributed by atoms with Crippen molar-refractivity contribution in [3.63, 3.8) is 0 Å². The summed E-state index contributed by atoms with van der Waals surface area (Å²) in [6, 6.07) is 21.4. The van der Waals surface area contributed by atoms with Crippen LogP contribution in [0.4, 0.5) is 0 Å². The van der Waals surface area contributed by atoms with Crippen LogP contribution in [0.25, 0.3) is 0 Å². The first kappa shape index (κ1) is 30.8. The fraction of sp³-hybridized carbons (Fsp3) is 0.484. The summed E-state index contributed by atoms with van der Waals surface area (Å²) in [5, 5.41) is 0. The van der Waals surface area contributed by atoms with Crippen LogP contribution in [0.1, 0.15) is 31.9 Å². The first-order valence-corrected chi connectivity index (χ1v) is 13.1. The van der Waals surface area contributed by atoms with Gasteiger partial charge in [0, 0.05) is 65.4 Å². The Labute approximate surface area is 216 Å². The van der Waals surface area contributed by atoms with E-state index in [4.69, 9.17) is 0 Å². The Morgan fingerprint density at radius 3 is 1.11 bits per heavy atom. The Hall–Kier alpha value is -2.24. The summed E-state index contributed by atoms with van der Waals surface area (Å²) in [7, 11) is 4.39. The van der Waals surface area contributed by atoms with Crippen molar-refractivity contribution in [3.8, 4) is 0 Å². The van der Waals surface area contributed by atoms with Gasteiger partial charge in [0.2, 0.25) is 0 Å². The maximum atomic E-state index is 3.36. The van der Waals surface area contributed by atoms with E-state index in [1.54, 1.807) is 6.08 Å². The minimum atomic E-state index is 1.11. The van der Waals surface area contributed by atoms with E-state index in [9.17, 15) is 0 Å². The van der Waals surface area contributed by atoms with Gasteiger partial charge in [-0.1, -0.05) is 78.9 Å². The average Bonchev–Trinajstić information content (AvgIpc) is 2.89. The van der Waals surface area contributed by atoms with Gasteiger partial charge in [-0.05, 0) is 46.0 Å². The van der Waals surface area contributed by atoms with E-state index in [2.05, 4.69) is 101 Å². The summed E-state index contributed by atoms with van der Waals surface area (Å²) < 4.78 is 0. The number of nitrogens with zero attached hydrogens (tertiary/aromatic N) is 4. The van der Waals surface area contributed by atoms with Crippen molar-refractivity contribution in [2.24, 2.45) is 0 Å². The van der Waals surface area contributed by atoms with E-state index < -0.39 is 0 Å². The van der Waals surface area contributed by atoms with Gasteiger partial charge in [-0.15, -0.1) is 6.58 Å². The van der Waals surface area contributed by atoms with Gasteiger partial charge in [0.15, 0.2) is 0 Å². The van der Waals surface area contributed by atoms with E-state index in [0.717, 1.165) is 13.1 Å². The second-order valence-electron chi connectivity index (χ2n) is 9.20. The molecule has 0 N–H and O–H groups in total. The molecule has 0 saturated carbocycles. The molecule has 4 nitrogen and oxygen atoms in total. The molecule has 0 bridgehead atoms. The lowest BCUT2D eigenvalue weighted by Crippen LogP contribution is -2.43. The third kappa shape index (κ3) is 15.4. The summed E-state index contributed by atoms with van der Waals surface area (Å²) in [6.07, 6.45) is 5.75. The van der Waals surface area contributed by atoms with Crippen molar-refractivity contribution < 1.29 is 0 Å². The molecule has 4 heteroatoms. The average molecular weight is 479 g/mol. The molecule has 35 heavy (non-hydrogen) atoms. The lowest BCUT2D eigenvalue weighted by Gasteiger charge is -2.32. The SMILES string of the molecule is C=CC.CC=CC.CN1CCN(Cc2ccccc2)CC1.CN1CCN(Cc2ccccc2)CC1. The lowest BCUT2D eigenvalue weighted by molar-refractivity contribution is 0.148. The van der Waals surface area contributed by atoms with Crippen molar-refractivity contribution in [1.29, 1.82) is 0 Å². The normalized spacial score (nSPS) is 17.3. The summed E-state index contributed by atoms with van der Waals surface area (Å²) in [5.74, 6) is 0. The third-order valence-corrected chi connectivity index (χ3v) is 6.02. The maximum Gasteiger partial charge on any atom is 0.0234 e. The molecule has 0 amide bonds. The second-order valence-corrected chi connectivity index (χ2v) is 9.20. The molecule has 0 atom stereocenters. The van der Waals surface area contributed by atoms with Gasteiger partial charge in [0.25, 0.3) is 0 Å². The third-order valence-electron chi connectivity index (χ3n) is 6.02. The van der Waals surface area contributed by atoms with Crippen LogP contribution in [0.5, 0.6) is 0 Å². The Bertz CT molecular complexity index is 696. The molecular formula is C31H50N4. The number of likely N-dealkylation sites (N-methyl/N-ethyl adjacent to an activating group) is 2. The minimum Gasteiger partial charge on any atom is -0.304 e. The zero-order valence-corrected chi connectivity index (χ0v) is 23.1. The van der Waals surface area contributed by atoms with Crippen molar-refractivity contribution in [2.75, 3.05) is 66.5 Å². The number of rotatable bonds is 4. The number of allylic oxidation sites excluding steroid dienone is 3. The summed E-state index contributed by atoms with van der Waals surface area (Å²) in [4.78, 5) is 9.83. The Balaban J connectivity index is 0.000000278. The van der Waals surface area contributed by atoms with Gasteiger partial charge < -0.3 is 9.80 Å². The van der Waals surface area contributed by atoms with Crippen molar-refractivity contribution >= 4 is 0 Å². The van der Waals surface area contributed by atoms with Crippen LogP contribution >= 0.6 is 0 Å². The molecule has 2 aliphatic rings. The molecule has 194 valence electrons. The largest absolute Gasteiger partial charge is 0.304 e. The quantitative estimate of drug-likeness (QED) is 0.527. The van der Waals surface area contributed by atoms with Gasteiger partial charge in [0.1, 0.15) is 0 Å². The molecular weight excluding hydrogens is 428 g/mol. The number of benzene rings is 2. The van der Waals surface area contributed by atoms with Crippen LogP contribution in [-0.4, -0.2) is 86.1 Å². The highest BCUT2D eigenvalue weighted by molar-refractivity contribution is 5.15. The summed E-state index contributed by atoms with van der Waals surface area (Å²) >= 11 is 0. The molecule has 0 aliphatic carbocycles. The summed E-state index contributed by atoms with van der Waals surface area (Å²) in [6.45, 7) is 21.1. The molecule has 2 aliphatic heterocycles. The summed E-state index contributed by atoms with van der Waals surface area (Å²) in [5.41, 5.74) is 2.86. The smallest absolute Gasteiger partial charge is 0.0234 e. The van der Waals surface area contributed by atoms with E-state index in [1.807, 2.05) is 32.9 Å². The molecule has 0 radical (unpaired) electrons. The van der Waals surface area contributed by atoms with Crippen LogP contribution in [0.2, 0.25) is 0 Å². The topological polar surface area (TPSA) is 13.0 Å². The fourth-order valence-electron chi connectivity index (χ4n) is 3.70. The predicted molar refractivity (Wildman–Crippen MR) is 155 cm³/mol. The standard InChI is InChI=1S/2C12H18N2.C4H8.C3H6/c2*1-13-7-9-14(10-8-13)11-12-5-3-2-4-6-12;1-3-4-2;1-3-2/h2*2-6H,7-11H2,1H3;3-4H,1-2H3;3H,1H2,2H3. The van der Waals surface area contributed by atoms with Crippen molar-refractivity contribution in [1.82, 2.24) is 19.6 Å². The Kier molecular flexibility index (Phi) is 17.6. The molecule has 2 saturated heterocycles. The van der Waals surface area contributed by atoms with E-state index >= 15 is 0 Å². The van der Waals surface area contributed by atoms with Crippen LogP contribution in [0.15, 0.2) is 85.5 Å². The van der Waals surface area contributed by atoms with Gasteiger partial charge in [-0.3, -0.25) is 9.80 Å². The van der Waals surface area contributed by atoms with Gasteiger partial charge in [-0.2, -0.15) is 0 Å². The highest BCUT2D eigenvalue weighted by Gasteiger charge is 2.14. The molecule has 0 aromatic heterocycles. The molecule has 0 spiro atoms. The van der Waals surface area contributed by atoms with Crippen LogP contribution in [0, 0.1) is 0 Å². The van der Waals surface area contributed by atoms with E-state index in [0.29, 0.717) is 0 Å².